The number of nitrogens with zero attached hydrogens (tertiary/aromatic N) is 1. The van der Waals surface area contributed by atoms with Crippen LogP contribution < -0.4 is 10.2 Å². The zero-order chi connectivity index (χ0) is 12.3. The molecule has 1 N–H and O–H groups in total. The number of halogens is 1. The first-order valence-corrected chi connectivity index (χ1v) is 5.99. The van der Waals surface area contributed by atoms with E-state index in [1.165, 1.54) is 12.1 Å². The Morgan fingerprint density at radius 1 is 1.59 bits per heavy atom. The topological polar surface area (TPSA) is 32.3 Å². The first kappa shape index (κ1) is 11.9. The van der Waals surface area contributed by atoms with Crippen molar-refractivity contribution >= 4 is 11.6 Å². The molecule has 0 saturated carbocycles. The smallest absolute Gasteiger partial charge is 0.219 e. The van der Waals surface area contributed by atoms with Crippen molar-refractivity contribution in [1.82, 2.24) is 5.32 Å². The summed E-state index contributed by atoms with van der Waals surface area (Å²) in [6.07, 6.45) is 1.43. The molecule has 0 radical (unpaired) electrons. The fourth-order valence-corrected chi connectivity index (χ4v) is 2.12. The standard InChI is InChI=1S/C13H17FN2O/c1-2-13(17)15-11-6-7-16(9-11)12-5-3-4-10(14)8-12/h3-5,8,11H,2,6-7,9H2,1H3,(H,15,17). The van der Waals surface area contributed by atoms with Gasteiger partial charge in [0, 0.05) is 31.2 Å². The summed E-state index contributed by atoms with van der Waals surface area (Å²) < 4.78 is 13.1. The number of nitrogens with one attached hydrogen (secondary N) is 1. The van der Waals surface area contributed by atoms with Gasteiger partial charge in [0.25, 0.3) is 0 Å². The Labute approximate surface area is 101 Å². The molecule has 1 aliphatic rings. The molecule has 3 nitrogen and oxygen atoms in total. The molecule has 2 rings (SSSR count). The lowest BCUT2D eigenvalue weighted by Gasteiger charge is -2.19. The van der Waals surface area contributed by atoms with E-state index < -0.39 is 0 Å². The number of carbonyl (C=O) groups excluding carboxylic acids is 1. The van der Waals surface area contributed by atoms with Gasteiger partial charge in [0.05, 0.1) is 0 Å². The van der Waals surface area contributed by atoms with Gasteiger partial charge in [-0.25, -0.2) is 4.39 Å². The Morgan fingerprint density at radius 2 is 2.41 bits per heavy atom. The molecular formula is C13H17FN2O. The van der Waals surface area contributed by atoms with E-state index in [9.17, 15) is 9.18 Å². The molecule has 4 heteroatoms. The number of rotatable bonds is 3. The molecule has 1 unspecified atom stereocenters. The quantitative estimate of drug-likeness (QED) is 0.869. The maximum Gasteiger partial charge on any atom is 0.219 e. The molecule has 1 aromatic rings. The van der Waals surface area contributed by atoms with E-state index in [1.807, 2.05) is 13.0 Å². The SMILES string of the molecule is CCC(=O)NC1CCN(c2cccc(F)c2)C1. The lowest BCUT2D eigenvalue weighted by atomic mass is 10.2. The van der Waals surface area contributed by atoms with Gasteiger partial charge in [0.1, 0.15) is 5.82 Å². The predicted octanol–water partition coefficient (Wildman–Crippen LogP) is 1.93. The summed E-state index contributed by atoms with van der Waals surface area (Å²) in [6.45, 7) is 3.46. The maximum absolute atomic E-state index is 13.1. The Balaban J connectivity index is 1.96. The lowest BCUT2D eigenvalue weighted by molar-refractivity contribution is -0.121. The van der Waals surface area contributed by atoms with Gasteiger partial charge in [0.15, 0.2) is 0 Å². The normalized spacial score (nSPS) is 19.4. The molecule has 1 aliphatic heterocycles. The molecule has 1 saturated heterocycles. The van der Waals surface area contributed by atoms with Gasteiger partial charge < -0.3 is 10.2 Å². The van der Waals surface area contributed by atoms with E-state index in [0.29, 0.717) is 6.42 Å². The van der Waals surface area contributed by atoms with Crippen LogP contribution in [0.1, 0.15) is 19.8 Å². The zero-order valence-electron chi connectivity index (χ0n) is 9.95. The minimum absolute atomic E-state index is 0.0797. The highest BCUT2D eigenvalue weighted by molar-refractivity contribution is 5.76. The van der Waals surface area contributed by atoms with E-state index in [2.05, 4.69) is 10.2 Å². The zero-order valence-corrected chi connectivity index (χ0v) is 9.95. The second-order valence-electron chi connectivity index (χ2n) is 4.33. The van der Waals surface area contributed by atoms with Crippen molar-refractivity contribution in [3.05, 3.63) is 30.1 Å². The average molecular weight is 236 g/mol. The molecule has 1 fully saturated rings. The Hall–Kier alpha value is -1.58. The van der Waals surface area contributed by atoms with Gasteiger partial charge in [0.2, 0.25) is 5.91 Å². The molecule has 1 heterocycles. The molecule has 1 amide bonds. The molecule has 1 atom stereocenters. The van der Waals surface area contributed by atoms with Crippen LogP contribution in [0.2, 0.25) is 0 Å². The van der Waals surface area contributed by atoms with Crippen LogP contribution in [0.4, 0.5) is 10.1 Å². The van der Waals surface area contributed by atoms with Crippen molar-refractivity contribution in [2.45, 2.75) is 25.8 Å². The van der Waals surface area contributed by atoms with Crippen molar-refractivity contribution in [3.63, 3.8) is 0 Å². The first-order chi connectivity index (χ1) is 8.19. The second kappa shape index (κ2) is 5.17. The van der Waals surface area contributed by atoms with Crippen molar-refractivity contribution < 1.29 is 9.18 Å². The number of anilines is 1. The number of hydrogen-bond donors (Lipinski definition) is 1. The van der Waals surface area contributed by atoms with E-state index >= 15 is 0 Å². The van der Waals surface area contributed by atoms with E-state index in [4.69, 9.17) is 0 Å². The molecule has 0 bridgehead atoms. The number of hydrogen-bond acceptors (Lipinski definition) is 2. The van der Waals surface area contributed by atoms with Crippen LogP contribution in [0.25, 0.3) is 0 Å². The van der Waals surface area contributed by atoms with Crippen LogP contribution in [0.5, 0.6) is 0 Å². The Bertz CT molecular complexity index is 408. The van der Waals surface area contributed by atoms with E-state index in [0.717, 1.165) is 25.2 Å². The third-order valence-electron chi connectivity index (χ3n) is 3.05. The fourth-order valence-electron chi connectivity index (χ4n) is 2.12. The van der Waals surface area contributed by atoms with Crippen LogP contribution in [0.15, 0.2) is 24.3 Å². The second-order valence-corrected chi connectivity index (χ2v) is 4.33. The van der Waals surface area contributed by atoms with Crippen LogP contribution in [-0.2, 0) is 4.79 Å². The highest BCUT2D eigenvalue weighted by atomic mass is 19.1. The predicted molar refractivity (Wildman–Crippen MR) is 65.5 cm³/mol. The summed E-state index contributed by atoms with van der Waals surface area (Å²) in [5.74, 6) is -0.139. The fraction of sp³-hybridized carbons (Fsp3) is 0.462. The van der Waals surface area contributed by atoms with Crippen LogP contribution in [0, 0.1) is 5.82 Å². The number of carbonyl (C=O) groups is 1. The van der Waals surface area contributed by atoms with Crippen LogP contribution >= 0.6 is 0 Å². The number of amides is 1. The third-order valence-corrected chi connectivity index (χ3v) is 3.05. The summed E-state index contributed by atoms with van der Waals surface area (Å²) in [6, 6.07) is 6.76. The van der Waals surface area contributed by atoms with Crippen molar-refractivity contribution in [2.75, 3.05) is 18.0 Å². The molecule has 0 aliphatic carbocycles. The Morgan fingerprint density at radius 3 is 3.12 bits per heavy atom. The highest BCUT2D eigenvalue weighted by Gasteiger charge is 2.23. The van der Waals surface area contributed by atoms with E-state index in [1.54, 1.807) is 6.07 Å². The van der Waals surface area contributed by atoms with Crippen molar-refractivity contribution in [3.8, 4) is 0 Å². The molecule has 0 spiro atoms. The molecule has 1 aromatic carbocycles. The van der Waals surface area contributed by atoms with Gasteiger partial charge in [-0.1, -0.05) is 13.0 Å². The van der Waals surface area contributed by atoms with Gasteiger partial charge in [-0.3, -0.25) is 4.79 Å². The summed E-state index contributed by atoms with van der Waals surface area (Å²) >= 11 is 0. The summed E-state index contributed by atoms with van der Waals surface area (Å²) in [7, 11) is 0. The summed E-state index contributed by atoms with van der Waals surface area (Å²) in [5, 5.41) is 2.97. The average Bonchev–Trinajstić information content (AvgIpc) is 2.77. The largest absolute Gasteiger partial charge is 0.369 e. The lowest BCUT2D eigenvalue weighted by Crippen LogP contribution is -2.36. The van der Waals surface area contributed by atoms with Crippen LogP contribution in [0.3, 0.4) is 0 Å². The van der Waals surface area contributed by atoms with Gasteiger partial charge in [-0.05, 0) is 24.6 Å². The van der Waals surface area contributed by atoms with Crippen molar-refractivity contribution in [1.29, 1.82) is 0 Å². The number of benzene rings is 1. The minimum Gasteiger partial charge on any atom is -0.369 e. The van der Waals surface area contributed by atoms with Crippen molar-refractivity contribution in [2.24, 2.45) is 0 Å². The summed E-state index contributed by atoms with van der Waals surface area (Å²) in [5.41, 5.74) is 0.887. The van der Waals surface area contributed by atoms with Gasteiger partial charge in [-0.2, -0.15) is 0 Å². The monoisotopic (exact) mass is 236 g/mol. The minimum atomic E-state index is -0.219. The molecular weight excluding hydrogens is 219 g/mol. The summed E-state index contributed by atoms with van der Waals surface area (Å²) in [4.78, 5) is 13.4. The highest BCUT2D eigenvalue weighted by Crippen LogP contribution is 2.20. The molecule has 92 valence electrons. The Kier molecular flexibility index (Phi) is 3.61. The van der Waals surface area contributed by atoms with Crippen LogP contribution in [-0.4, -0.2) is 25.0 Å². The molecule has 17 heavy (non-hydrogen) atoms. The van der Waals surface area contributed by atoms with E-state index in [-0.39, 0.29) is 17.8 Å². The molecule has 0 aromatic heterocycles. The third kappa shape index (κ3) is 2.96. The maximum atomic E-state index is 13.1. The van der Waals surface area contributed by atoms with Gasteiger partial charge >= 0.3 is 0 Å². The first-order valence-electron chi connectivity index (χ1n) is 5.99. The van der Waals surface area contributed by atoms with Gasteiger partial charge in [-0.15, -0.1) is 0 Å².